The van der Waals surface area contributed by atoms with Crippen molar-refractivity contribution in [1.82, 2.24) is 0 Å². The van der Waals surface area contributed by atoms with Crippen molar-refractivity contribution in [3.63, 3.8) is 0 Å². The maximum atomic E-state index is 14.4. The van der Waals surface area contributed by atoms with Crippen molar-refractivity contribution in [2.24, 2.45) is 0 Å². The summed E-state index contributed by atoms with van der Waals surface area (Å²) in [6.45, 7) is 4.03. The van der Waals surface area contributed by atoms with Gasteiger partial charge in [-0.2, -0.15) is 0 Å². The Hall–Kier alpha value is -2.92. The monoisotopic (exact) mass is 332 g/mol. The molecule has 0 aliphatic carbocycles. The smallest absolute Gasteiger partial charge is 0.175 e. The zero-order valence-electron chi connectivity index (χ0n) is 14.2. The zero-order valence-corrected chi connectivity index (χ0v) is 14.2. The summed E-state index contributed by atoms with van der Waals surface area (Å²) in [6, 6.07) is 18.2. The molecule has 0 heterocycles. The molecule has 3 rings (SSSR count). The van der Waals surface area contributed by atoms with Crippen LogP contribution in [-0.4, -0.2) is 0 Å². The second-order valence-corrected chi connectivity index (χ2v) is 5.96. The van der Waals surface area contributed by atoms with Crippen molar-refractivity contribution in [3.05, 3.63) is 94.6 Å². The third-order valence-corrected chi connectivity index (χ3v) is 4.15. The molecule has 0 bridgehead atoms. The Balaban J connectivity index is 1.92. The van der Waals surface area contributed by atoms with Crippen LogP contribution in [0.5, 0.6) is 0 Å². The SMILES string of the molecule is CCc1ccc(C#Cc2ccc(-c3ccc(C)cc3)c(F)c2F)cc1. The highest BCUT2D eigenvalue weighted by Crippen LogP contribution is 2.26. The number of benzene rings is 3. The Morgan fingerprint density at radius 1 is 0.760 bits per heavy atom. The minimum Gasteiger partial charge on any atom is -0.203 e. The molecule has 2 heteroatoms. The lowest BCUT2D eigenvalue weighted by molar-refractivity contribution is 0.509. The van der Waals surface area contributed by atoms with E-state index >= 15 is 0 Å². The second kappa shape index (κ2) is 7.32. The van der Waals surface area contributed by atoms with E-state index in [0.717, 1.165) is 17.5 Å². The van der Waals surface area contributed by atoms with Gasteiger partial charge in [-0.3, -0.25) is 0 Å². The lowest BCUT2D eigenvalue weighted by Crippen LogP contribution is -1.94. The van der Waals surface area contributed by atoms with E-state index in [0.29, 0.717) is 5.56 Å². The van der Waals surface area contributed by atoms with Crippen molar-refractivity contribution in [2.45, 2.75) is 20.3 Å². The van der Waals surface area contributed by atoms with Crippen LogP contribution in [0.1, 0.15) is 29.2 Å². The van der Waals surface area contributed by atoms with Gasteiger partial charge in [-0.05, 0) is 48.7 Å². The van der Waals surface area contributed by atoms with Crippen molar-refractivity contribution in [1.29, 1.82) is 0 Å². The van der Waals surface area contributed by atoms with E-state index in [1.807, 2.05) is 43.3 Å². The van der Waals surface area contributed by atoms with Gasteiger partial charge in [-0.15, -0.1) is 0 Å². The number of rotatable bonds is 2. The lowest BCUT2D eigenvalue weighted by Gasteiger charge is -2.06. The average Bonchev–Trinajstić information content (AvgIpc) is 2.64. The van der Waals surface area contributed by atoms with Crippen LogP contribution >= 0.6 is 0 Å². The number of aryl methyl sites for hydroxylation is 2. The fourth-order valence-electron chi connectivity index (χ4n) is 2.57. The van der Waals surface area contributed by atoms with Gasteiger partial charge >= 0.3 is 0 Å². The fraction of sp³-hybridized carbons (Fsp3) is 0.130. The first-order valence-electron chi connectivity index (χ1n) is 8.24. The summed E-state index contributed by atoms with van der Waals surface area (Å²) < 4.78 is 28.8. The van der Waals surface area contributed by atoms with Crippen LogP contribution in [0.15, 0.2) is 60.7 Å². The molecule has 0 aliphatic heterocycles. The van der Waals surface area contributed by atoms with Crippen LogP contribution in [0.25, 0.3) is 11.1 Å². The van der Waals surface area contributed by atoms with Crippen LogP contribution in [0.4, 0.5) is 8.78 Å². The highest BCUT2D eigenvalue weighted by Gasteiger charge is 2.13. The van der Waals surface area contributed by atoms with Gasteiger partial charge in [0, 0.05) is 11.1 Å². The van der Waals surface area contributed by atoms with Gasteiger partial charge in [0.25, 0.3) is 0 Å². The quantitative estimate of drug-likeness (QED) is 0.512. The molecule has 0 aromatic heterocycles. The van der Waals surface area contributed by atoms with Crippen molar-refractivity contribution >= 4 is 0 Å². The Morgan fingerprint density at radius 2 is 1.44 bits per heavy atom. The van der Waals surface area contributed by atoms with Gasteiger partial charge < -0.3 is 0 Å². The van der Waals surface area contributed by atoms with Crippen molar-refractivity contribution < 1.29 is 8.78 Å². The minimum atomic E-state index is -0.907. The molecular weight excluding hydrogens is 314 g/mol. The Morgan fingerprint density at radius 3 is 2.08 bits per heavy atom. The summed E-state index contributed by atoms with van der Waals surface area (Å²) in [5.41, 5.74) is 4.02. The Bertz CT molecular complexity index is 940. The molecule has 3 aromatic rings. The predicted molar refractivity (Wildman–Crippen MR) is 98.3 cm³/mol. The molecular formula is C23H18F2. The van der Waals surface area contributed by atoms with Crippen LogP contribution in [0.3, 0.4) is 0 Å². The molecule has 0 saturated carbocycles. The molecule has 0 N–H and O–H groups in total. The van der Waals surface area contributed by atoms with Crippen LogP contribution in [0.2, 0.25) is 0 Å². The topological polar surface area (TPSA) is 0 Å². The third kappa shape index (κ3) is 3.78. The molecule has 124 valence electrons. The average molecular weight is 332 g/mol. The minimum absolute atomic E-state index is 0.0629. The van der Waals surface area contributed by atoms with E-state index in [2.05, 4.69) is 18.8 Å². The van der Waals surface area contributed by atoms with Crippen molar-refractivity contribution in [2.75, 3.05) is 0 Å². The molecule has 0 nitrogen and oxygen atoms in total. The second-order valence-electron chi connectivity index (χ2n) is 5.96. The van der Waals surface area contributed by atoms with Crippen LogP contribution in [-0.2, 0) is 6.42 Å². The summed E-state index contributed by atoms with van der Waals surface area (Å²) >= 11 is 0. The first kappa shape index (κ1) is 16.9. The molecule has 0 aliphatic rings. The molecule has 25 heavy (non-hydrogen) atoms. The summed E-state index contributed by atoms with van der Waals surface area (Å²) in [7, 11) is 0. The Kier molecular flexibility index (Phi) is 4.95. The third-order valence-electron chi connectivity index (χ3n) is 4.15. The zero-order chi connectivity index (χ0) is 17.8. The summed E-state index contributed by atoms with van der Waals surface area (Å²) in [5, 5.41) is 0. The summed E-state index contributed by atoms with van der Waals surface area (Å²) in [5.74, 6) is 3.85. The fourth-order valence-corrected chi connectivity index (χ4v) is 2.57. The highest BCUT2D eigenvalue weighted by atomic mass is 19.2. The largest absolute Gasteiger partial charge is 0.203 e. The number of halogens is 2. The van der Waals surface area contributed by atoms with E-state index in [1.54, 1.807) is 18.2 Å². The molecule has 0 amide bonds. The molecule has 0 atom stereocenters. The van der Waals surface area contributed by atoms with E-state index in [9.17, 15) is 8.78 Å². The number of hydrogen-bond acceptors (Lipinski definition) is 0. The van der Waals surface area contributed by atoms with E-state index in [-0.39, 0.29) is 11.1 Å². The highest BCUT2D eigenvalue weighted by molar-refractivity contribution is 5.66. The van der Waals surface area contributed by atoms with E-state index in [1.165, 1.54) is 11.6 Å². The molecule has 0 radical (unpaired) electrons. The molecule has 0 saturated heterocycles. The normalized spacial score (nSPS) is 10.2. The molecule has 0 unspecified atom stereocenters. The van der Waals surface area contributed by atoms with E-state index < -0.39 is 11.6 Å². The Labute approximate surface area is 147 Å². The van der Waals surface area contributed by atoms with Gasteiger partial charge in [0.2, 0.25) is 0 Å². The summed E-state index contributed by atoms with van der Waals surface area (Å²) in [4.78, 5) is 0. The lowest BCUT2D eigenvalue weighted by atomic mass is 10.0. The number of hydrogen-bond donors (Lipinski definition) is 0. The van der Waals surface area contributed by atoms with Crippen LogP contribution in [0, 0.1) is 30.4 Å². The van der Waals surface area contributed by atoms with E-state index in [4.69, 9.17) is 0 Å². The first-order valence-corrected chi connectivity index (χ1v) is 8.24. The standard InChI is InChI=1S/C23H18F2/c1-3-17-6-8-18(9-7-17)10-13-20-14-15-21(23(25)22(20)24)19-11-4-16(2)5-12-19/h4-9,11-12,14-15H,3H2,1-2H3. The summed E-state index contributed by atoms with van der Waals surface area (Å²) in [6.07, 6.45) is 0.952. The van der Waals surface area contributed by atoms with Crippen molar-refractivity contribution in [3.8, 4) is 23.0 Å². The van der Waals surface area contributed by atoms with Gasteiger partial charge in [0.05, 0.1) is 5.56 Å². The maximum absolute atomic E-state index is 14.4. The maximum Gasteiger partial charge on any atom is 0.175 e. The first-order chi connectivity index (χ1) is 12.1. The van der Waals surface area contributed by atoms with Crippen LogP contribution < -0.4 is 0 Å². The van der Waals surface area contributed by atoms with Gasteiger partial charge in [0.15, 0.2) is 11.6 Å². The predicted octanol–water partition coefficient (Wildman–Crippen LogP) is 5.90. The molecule has 0 fully saturated rings. The van der Waals surface area contributed by atoms with Gasteiger partial charge in [-0.1, -0.05) is 60.7 Å². The molecule has 3 aromatic carbocycles. The van der Waals surface area contributed by atoms with Gasteiger partial charge in [0.1, 0.15) is 0 Å². The molecule has 0 spiro atoms. The van der Waals surface area contributed by atoms with Gasteiger partial charge in [-0.25, -0.2) is 8.78 Å².